The molecule has 0 radical (unpaired) electrons. The number of ether oxygens (including phenoxy) is 1. The number of nitrogens with zero attached hydrogens (tertiary/aromatic N) is 2. The highest BCUT2D eigenvalue weighted by molar-refractivity contribution is 6.32. The number of hydrogen-bond donors (Lipinski definition) is 0. The fourth-order valence-electron chi connectivity index (χ4n) is 1.87. The van der Waals surface area contributed by atoms with Crippen LogP contribution in [0.15, 0.2) is 18.2 Å². The lowest BCUT2D eigenvalue weighted by molar-refractivity contribution is 0.445. The van der Waals surface area contributed by atoms with Gasteiger partial charge in [-0.1, -0.05) is 44.0 Å². The zero-order chi connectivity index (χ0) is 15.8. The van der Waals surface area contributed by atoms with Crippen LogP contribution in [0.1, 0.15) is 37.7 Å². The summed E-state index contributed by atoms with van der Waals surface area (Å²) in [6.07, 6.45) is 0. The van der Waals surface area contributed by atoms with E-state index in [1.54, 1.807) is 6.07 Å². The van der Waals surface area contributed by atoms with Crippen molar-refractivity contribution in [3.63, 3.8) is 0 Å². The van der Waals surface area contributed by atoms with Crippen LogP contribution in [-0.2, 0) is 5.41 Å². The fourth-order valence-corrected chi connectivity index (χ4v) is 2.15. The predicted octanol–water partition coefficient (Wildman–Crippen LogP) is 5.49. The Bertz CT molecular complexity index is 655. The van der Waals surface area contributed by atoms with E-state index in [0.29, 0.717) is 22.6 Å². The second kappa shape index (κ2) is 5.82. The van der Waals surface area contributed by atoms with Crippen LogP contribution < -0.4 is 4.74 Å². The van der Waals surface area contributed by atoms with Gasteiger partial charge in [0, 0.05) is 16.5 Å². The summed E-state index contributed by atoms with van der Waals surface area (Å²) < 4.78 is 5.82. The molecule has 112 valence electrons. The first kappa shape index (κ1) is 16.1. The zero-order valence-electron chi connectivity index (χ0n) is 12.8. The lowest BCUT2D eigenvalue weighted by atomic mass is 9.96. The summed E-state index contributed by atoms with van der Waals surface area (Å²) in [5.74, 6) is 1.76. The van der Waals surface area contributed by atoms with Crippen LogP contribution in [0.4, 0.5) is 0 Å². The van der Waals surface area contributed by atoms with Crippen molar-refractivity contribution in [2.45, 2.75) is 40.0 Å². The standard InChI is InChI=1S/C16H18Cl2N2O/c1-9-6-11(7-10(2)14(9)18)21-13-8-12(17)19-15(20-13)16(3,4)5/h6-8H,1-5H3. The van der Waals surface area contributed by atoms with Crippen molar-refractivity contribution in [2.24, 2.45) is 0 Å². The average molecular weight is 325 g/mol. The van der Waals surface area contributed by atoms with Gasteiger partial charge in [0.1, 0.15) is 16.7 Å². The SMILES string of the molecule is Cc1cc(Oc2cc(Cl)nc(C(C)(C)C)n2)cc(C)c1Cl. The molecule has 2 rings (SSSR count). The molecule has 21 heavy (non-hydrogen) atoms. The van der Waals surface area contributed by atoms with Crippen LogP contribution in [0, 0.1) is 13.8 Å². The van der Waals surface area contributed by atoms with Crippen LogP contribution in [0.3, 0.4) is 0 Å². The Morgan fingerprint density at radius 2 is 1.52 bits per heavy atom. The average Bonchev–Trinajstić information content (AvgIpc) is 2.34. The Kier molecular flexibility index (Phi) is 4.45. The lowest BCUT2D eigenvalue weighted by Gasteiger charge is -2.17. The third-order valence-electron chi connectivity index (χ3n) is 2.97. The molecule has 0 atom stereocenters. The maximum Gasteiger partial charge on any atom is 0.224 e. The normalized spacial score (nSPS) is 11.6. The topological polar surface area (TPSA) is 35.0 Å². The van der Waals surface area contributed by atoms with E-state index in [1.807, 2.05) is 46.8 Å². The number of rotatable bonds is 2. The van der Waals surface area contributed by atoms with E-state index in [2.05, 4.69) is 9.97 Å². The molecule has 0 aliphatic heterocycles. The summed E-state index contributed by atoms with van der Waals surface area (Å²) in [4.78, 5) is 8.68. The van der Waals surface area contributed by atoms with Gasteiger partial charge in [-0.3, -0.25) is 0 Å². The van der Waals surface area contributed by atoms with Gasteiger partial charge in [0.25, 0.3) is 0 Å². The second-order valence-corrected chi connectivity index (χ2v) is 6.84. The molecule has 1 aromatic heterocycles. The Hall–Kier alpha value is -1.32. The van der Waals surface area contributed by atoms with Gasteiger partial charge < -0.3 is 4.74 Å². The van der Waals surface area contributed by atoms with Gasteiger partial charge >= 0.3 is 0 Å². The molecule has 0 saturated carbocycles. The molecule has 2 aromatic rings. The molecule has 5 heteroatoms. The Morgan fingerprint density at radius 1 is 0.952 bits per heavy atom. The highest BCUT2D eigenvalue weighted by Gasteiger charge is 2.19. The molecule has 0 N–H and O–H groups in total. The van der Waals surface area contributed by atoms with Crippen LogP contribution in [0.2, 0.25) is 10.2 Å². The highest BCUT2D eigenvalue weighted by Crippen LogP contribution is 2.30. The van der Waals surface area contributed by atoms with Crippen LogP contribution in [0.25, 0.3) is 0 Å². The molecule has 0 aliphatic carbocycles. The minimum absolute atomic E-state index is 0.200. The van der Waals surface area contributed by atoms with Crippen molar-refractivity contribution in [3.05, 3.63) is 45.3 Å². The van der Waals surface area contributed by atoms with Crippen molar-refractivity contribution in [2.75, 3.05) is 0 Å². The van der Waals surface area contributed by atoms with Gasteiger partial charge in [-0.05, 0) is 37.1 Å². The van der Waals surface area contributed by atoms with Crippen molar-refractivity contribution in [3.8, 4) is 11.6 Å². The number of aryl methyl sites for hydroxylation is 2. The van der Waals surface area contributed by atoms with Crippen LogP contribution >= 0.6 is 23.2 Å². The summed E-state index contributed by atoms with van der Waals surface area (Å²) >= 11 is 12.2. The van der Waals surface area contributed by atoms with Crippen LogP contribution in [0.5, 0.6) is 11.6 Å². The van der Waals surface area contributed by atoms with Crippen molar-refractivity contribution in [1.29, 1.82) is 0 Å². The Morgan fingerprint density at radius 3 is 2.05 bits per heavy atom. The number of aromatic nitrogens is 2. The third kappa shape index (κ3) is 3.86. The summed E-state index contributed by atoms with van der Waals surface area (Å²) in [5.41, 5.74) is 1.72. The summed E-state index contributed by atoms with van der Waals surface area (Å²) in [6, 6.07) is 5.36. The maximum atomic E-state index is 6.16. The van der Waals surface area contributed by atoms with Crippen LogP contribution in [-0.4, -0.2) is 9.97 Å². The van der Waals surface area contributed by atoms with E-state index in [0.717, 1.165) is 16.1 Å². The molecule has 0 spiro atoms. The first-order valence-electron chi connectivity index (χ1n) is 6.66. The lowest BCUT2D eigenvalue weighted by Crippen LogP contribution is -2.16. The molecule has 0 saturated heterocycles. The van der Waals surface area contributed by atoms with E-state index in [4.69, 9.17) is 27.9 Å². The largest absolute Gasteiger partial charge is 0.439 e. The molecule has 1 heterocycles. The highest BCUT2D eigenvalue weighted by atomic mass is 35.5. The first-order chi connectivity index (χ1) is 9.66. The number of benzene rings is 1. The van der Waals surface area contributed by atoms with E-state index in [-0.39, 0.29) is 5.41 Å². The van der Waals surface area contributed by atoms with E-state index in [9.17, 15) is 0 Å². The molecule has 0 fully saturated rings. The molecular formula is C16H18Cl2N2O. The maximum absolute atomic E-state index is 6.16. The van der Waals surface area contributed by atoms with Crippen molar-refractivity contribution in [1.82, 2.24) is 9.97 Å². The summed E-state index contributed by atoms with van der Waals surface area (Å²) in [6.45, 7) is 9.96. The molecule has 0 bridgehead atoms. The van der Waals surface area contributed by atoms with Gasteiger partial charge in [-0.15, -0.1) is 0 Å². The molecule has 1 aromatic carbocycles. The van der Waals surface area contributed by atoms with E-state index in [1.165, 1.54) is 0 Å². The monoisotopic (exact) mass is 324 g/mol. The van der Waals surface area contributed by atoms with E-state index < -0.39 is 0 Å². The molecule has 0 aliphatic rings. The minimum Gasteiger partial charge on any atom is -0.439 e. The molecule has 3 nitrogen and oxygen atoms in total. The number of hydrogen-bond acceptors (Lipinski definition) is 3. The van der Waals surface area contributed by atoms with Gasteiger partial charge in [0.05, 0.1) is 0 Å². The second-order valence-electron chi connectivity index (χ2n) is 6.08. The molecule has 0 unspecified atom stereocenters. The van der Waals surface area contributed by atoms with Gasteiger partial charge in [-0.25, -0.2) is 4.98 Å². The summed E-state index contributed by atoms with van der Waals surface area (Å²) in [5, 5.41) is 1.12. The molecular weight excluding hydrogens is 307 g/mol. The Labute approximate surface area is 135 Å². The van der Waals surface area contributed by atoms with Gasteiger partial charge in [-0.2, -0.15) is 4.98 Å². The third-order valence-corrected chi connectivity index (χ3v) is 3.76. The van der Waals surface area contributed by atoms with Gasteiger partial charge in [0.2, 0.25) is 5.88 Å². The first-order valence-corrected chi connectivity index (χ1v) is 7.42. The smallest absolute Gasteiger partial charge is 0.224 e. The quantitative estimate of drug-likeness (QED) is 0.685. The van der Waals surface area contributed by atoms with Crippen molar-refractivity contribution < 1.29 is 4.74 Å². The zero-order valence-corrected chi connectivity index (χ0v) is 14.3. The minimum atomic E-state index is -0.200. The van der Waals surface area contributed by atoms with Gasteiger partial charge in [0.15, 0.2) is 0 Å². The predicted molar refractivity (Wildman–Crippen MR) is 86.7 cm³/mol. The van der Waals surface area contributed by atoms with E-state index >= 15 is 0 Å². The fraction of sp³-hybridized carbons (Fsp3) is 0.375. The summed E-state index contributed by atoms with van der Waals surface area (Å²) in [7, 11) is 0. The Balaban J connectivity index is 2.38. The molecule has 0 amide bonds. The van der Waals surface area contributed by atoms with Crippen molar-refractivity contribution >= 4 is 23.2 Å². The number of halogens is 2.